The zero-order chi connectivity index (χ0) is 22.4. The van der Waals surface area contributed by atoms with E-state index in [-0.39, 0.29) is 23.4 Å². The molecule has 0 fully saturated rings. The Morgan fingerprint density at radius 3 is 2.61 bits per heavy atom. The summed E-state index contributed by atoms with van der Waals surface area (Å²) in [6.45, 7) is 1.78. The van der Waals surface area contributed by atoms with E-state index in [9.17, 15) is 9.65 Å². The van der Waals surface area contributed by atoms with E-state index < -0.39 is 5.82 Å². The number of halogens is 3. The predicted octanol–water partition coefficient (Wildman–Crippen LogP) is 5.75. The van der Waals surface area contributed by atoms with E-state index in [2.05, 4.69) is 20.6 Å². The molecule has 0 radical (unpaired) electrons. The first-order chi connectivity index (χ1) is 14.9. The molecule has 0 bridgehead atoms. The van der Waals surface area contributed by atoms with E-state index in [0.29, 0.717) is 34.1 Å². The first-order valence-corrected chi connectivity index (χ1v) is 9.79. The van der Waals surface area contributed by atoms with E-state index in [1.165, 1.54) is 6.07 Å². The maximum Gasteiger partial charge on any atom is 0.229 e. The van der Waals surface area contributed by atoms with Gasteiger partial charge in [0.2, 0.25) is 5.95 Å². The highest BCUT2D eigenvalue weighted by molar-refractivity contribution is 6.32. The number of anilines is 4. The Hall–Kier alpha value is -3.59. The Balaban J connectivity index is 1.84. The van der Waals surface area contributed by atoms with Gasteiger partial charge in [0.25, 0.3) is 0 Å². The third-order valence-corrected chi connectivity index (χ3v) is 4.88. The highest BCUT2D eigenvalue weighted by atomic mass is 35.5. The number of nitrogens with one attached hydrogen (secondary N) is 2. The van der Waals surface area contributed by atoms with Gasteiger partial charge in [0.05, 0.1) is 21.8 Å². The average molecular weight is 457 g/mol. The van der Waals surface area contributed by atoms with Gasteiger partial charge in [-0.3, -0.25) is 0 Å². The molecule has 0 aliphatic rings. The minimum Gasteiger partial charge on any atom is -0.477 e. The lowest BCUT2D eigenvalue weighted by Gasteiger charge is -2.12. The largest absolute Gasteiger partial charge is 0.477 e. The van der Waals surface area contributed by atoms with Gasteiger partial charge in [-0.2, -0.15) is 15.5 Å². The Labute approximate surface area is 188 Å². The van der Waals surface area contributed by atoms with Crippen molar-refractivity contribution in [3.63, 3.8) is 0 Å². The molecule has 0 aliphatic carbocycles. The summed E-state index contributed by atoms with van der Waals surface area (Å²) < 4.78 is 19.4. The maximum absolute atomic E-state index is 14.3. The quantitative estimate of drug-likeness (QED) is 0.466. The first kappa shape index (κ1) is 22.1. The van der Waals surface area contributed by atoms with Gasteiger partial charge in [-0.1, -0.05) is 30.1 Å². The highest BCUT2D eigenvalue weighted by Gasteiger charge is 2.12. The highest BCUT2D eigenvalue weighted by Crippen LogP contribution is 2.30. The van der Waals surface area contributed by atoms with E-state index in [1.807, 2.05) is 19.1 Å². The van der Waals surface area contributed by atoms with E-state index in [0.717, 1.165) is 11.8 Å². The molecule has 3 aromatic rings. The molecule has 0 aliphatic heterocycles. The lowest BCUT2D eigenvalue weighted by molar-refractivity contribution is 0.368. The third-order valence-electron chi connectivity index (χ3n) is 4.14. The molecule has 31 heavy (non-hydrogen) atoms. The number of ether oxygens (including phenoxy) is 1. The van der Waals surface area contributed by atoms with Crippen LogP contribution in [0.2, 0.25) is 10.0 Å². The molecule has 2 aromatic carbocycles. The van der Waals surface area contributed by atoms with Gasteiger partial charge in [-0.15, -0.1) is 0 Å². The number of hydrogen-bond acceptors (Lipinski definition) is 7. The summed E-state index contributed by atoms with van der Waals surface area (Å²) in [5.74, 6) is -0.293. The van der Waals surface area contributed by atoms with Gasteiger partial charge in [0, 0.05) is 11.4 Å². The van der Waals surface area contributed by atoms with Crippen molar-refractivity contribution in [1.82, 2.24) is 9.97 Å². The molecule has 0 saturated heterocycles. The molecular formula is C21H15Cl2FN6O. The van der Waals surface area contributed by atoms with Gasteiger partial charge < -0.3 is 15.4 Å². The SMILES string of the molecule is CCc1cc(Nc2ncc(F)c(Nc3ccc(OCC#N)c(Cl)c3)n2)cc(C#N)c1Cl. The first-order valence-electron chi connectivity index (χ1n) is 9.03. The summed E-state index contributed by atoms with van der Waals surface area (Å²) >= 11 is 12.3. The molecule has 10 heteroatoms. The fraction of sp³-hybridized carbons (Fsp3) is 0.143. The second-order valence-electron chi connectivity index (χ2n) is 6.19. The van der Waals surface area contributed by atoms with Crippen LogP contribution in [0.5, 0.6) is 5.75 Å². The van der Waals surface area contributed by atoms with Crippen molar-refractivity contribution in [2.45, 2.75) is 13.3 Å². The summed E-state index contributed by atoms with van der Waals surface area (Å²) in [5.41, 5.74) is 2.12. The fourth-order valence-corrected chi connectivity index (χ4v) is 3.20. The van der Waals surface area contributed by atoms with Crippen molar-refractivity contribution in [1.29, 1.82) is 10.5 Å². The lowest BCUT2D eigenvalue weighted by atomic mass is 10.1. The van der Waals surface area contributed by atoms with E-state index in [1.54, 1.807) is 24.3 Å². The van der Waals surface area contributed by atoms with E-state index >= 15 is 0 Å². The Bertz CT molecular complexity index is 1210. The minimum atomic E-state index is -0.672. The van der Waals surface area contributed by atoms with Crippen molar-refractivity contribution in [2.24, 2.45) is 0 Å². The second-order valence-corrected chi connectivity index (χ2v) is 6.98. The molecule has 0 atom stereocenters. The molecule has 156 valence electrons. The molecular weight excluding hydrogens is 442 g/mol. The number of nitriles is 2. The molecule has 0 saturated carbocycles. The summed E-state index contributed by atoms with van der Waals surface area (Å²) in [4.78, 5) is 8.10. The number of benzene rings is 2. The third kappa shape index (κ3) is 5.32. The second kappa shape index (κ2) is 9.94. The van der Waals surface area contributed by atoms with Crippen LogP contribution in [0.15, 0.2) is 36.5 Å². The van der Waals surface area contributed by atoms with Gasteiger partial charge in [0.1, 0.15) is 17.9 Å². The van der Waals surface area contributed by atoms with Crippen LogP contribution in [-0.4, -0.2) is 16.6 Å². The van der Waals surface area contributed by atoms with Crippen LogP contribution in [0.3, 0.4) is 0 Å². The van der Waals surface area contributed by atoms with E-state index in [4.69, 9.17) is 33.2 Å². The molecule has 1 aromatic heterocycles. The normalized spacial score (nSPS) is 10.1. The minimum absolute atomic E-state index is 0.0792. The number of rotatable bonds is 7. The molecule has 0 amide bonds. The van der Waals surface area contributed by atoms with Crippen molar-refractivity contribution >= 4 is 46.3 Å². The zero-order valence-corrected chi connectivity index (χ0v) is 17.7. The molecule has 1 heterocycles. The Morgan fingerprint density at radius 1 is 1.13 bits per heavy atom. The van der Waals surface area contributed by atoms with Crippen LogP contribution in [0, 0.1) is 28.5 Å². The van der Waals surface area contributed by atoms with Crippen LogP contribution < -0.4 is 15.4 Å². The summed E-state index contributed by atoms with van der Waals surface area (Å²) in [6.07, 6.45) is 1.65. The predicted molar refractivity (Wildman–Crippen MR) is 117 cm³/mol. The number of nitrogens with zero attached hydrogens (tertiary/aromatic N) is 4. The number of aryl methyl sites for hydroxylation is 1. The van der Waals surface area contributed by atoms with Crippen molar-refractivity contribution in [2.75, 3.05) is 17.2 Å². The van der Waals surface area contributed by atoms with Gasteiger partial charge in [-0.05, 0) is 42.3 Å². The molecule has 0 unspecified atom stereocenters. The smallest absolute Gasteiger partial charge is 0.229 e. The summed E-state index contributed by atoms with van der Waals surface area (Å²) in [7, 11) is 0. The summed E-state index contributed by atoms with van der Waals surface area (Å²) in [5, 5.41) is 24.3. The van der Waals surface area contributed by atoms with Gasteiger partial charge in [0.15, 0.2) is 18.2 Å². The standard InChI is InChI=1S/C21H15Cl2FN6O/c1-2-12-7-15(8-13(10-26)19(12)23)29-21-27-11-17(24)20(30-21)28-14-3-4-18(16(22)9-14)31-6-5-25/h3-4,7-9,11H,2,6H2,1H3,(H2,27,28,29,30). The van der Waals surface area contributed by atoms with Crippen LogP contribution in [0.1, 0.15) is 18.1 Å². The number of hydrogen-bond donors (Lipinski definition) is 2. The fourth-order valence-electron chi connectivity index (χ4n) is 2.68. The molecule has 0 spiro atoms. The number of aromatic nitrogens is 2. The molecule has 3 rings (SSSR count). The zero-order valence-electron chi connectivity index (χ0n) is 16.2. The van der Waals surface area contributed by atoms with Crippen LogP contribution >= 0.6 is 23.2 Å². The van der Waals surface area contributed by atoms with Crippen LogP contribution in [0.4, 0.5) is 27.5 Å². The van der Waals surface area contributed by atoms with Crippen LogP contribution in [-0.2, 0) is 6.42 Å². The summed E-state index contributed by atoms with van der Waals surface area (Å²) in [6, 6.07) is 11.9. The van der Waals surface area contributed by atoms with Crippen LogP contribution in [0.25, 0.3) is 0 Å². The topological polar surface area (TPSA) is 107 Å². The Kier molecular flexibility index (Phi) is 7.09. The molecule has 2 N–H and O–H groups in total. The van der Waals surface area contributed by atoms with Crippen molar-refractivity contribution in [3.8, 4) is 17.9 Å². The van der Waals surface area contributed by atoms with Crippen molar-refractivity contribution in [3.05, 3.63) is 63.5 Å². The maximum atomic E-state index is 14.3. The van der Waals surface area contributed by atoms with Crippen molar-refractivity contribution < 1.29 is 9.13 Å². The average Bonchev–Trinajstić information content (AvgIpc) is 2.76. The Morgan fingerprint density at radius 2 is 1.94 bits per heavy atom. The molecule has 7 nitrogen and oxygen atoms in total. The lowest BCUT2D eigenvalue weighted by Crippen LogP contribution is -2.04. The van der Waals surface area contributed by atoms with Gasteiger partial charge >= 0.3 is 0 Å². The van der Waals surface area contributed by atoms with Gasteiger partial charge in [-0.25, -0.2) is 9.37 Å². The monoisotopic (exact) mass is 456 g/mol.